The molecule has 0 saturated carbocycles. The van der Waals surface area contributed by atoms with Gasteiger partial charge < -0.3 is 10.6 Å². The predicted octanol–water partition coefficient (Wildman–Crippen LogP) is 1.16. The number of primary sulfonamides is 1. The first-order chi connectivity index (χ1) is 12.3. The molecule has 0 unspecified atom stereocenters. The van der Waals surface area contributed by atoms with Crippen LogP contribution in [0.3, 0.4) is 0 Å². The van der Waals surface area contributed by atoms with Crippen molar-refractivity contribution in [2.24, 2.45) is 11.1 Å². The lowest BCUT2D eigenvalue weighted by Crippen LogP contribution is -2.27. The van der Waals surface area contributed by atoms with E-state index >= 15 is 0 Å². The molecular formula is C17H23N5O3S. The molecule has 1 amide bonds. The maximum absolute atomic E-state index is 12.2. The lowest BCUT2D eigenvalue weighted by molar-refractivity contribution is 0.0949. The van der Waals surface area contributed by atoms with Crippen LogP contribution in [-0.4, -0.2) is 37.4 Å². The van der Waals surface area contributed by atoms with Gasteiger partial charge in [0.15, 0.2) is 0 Å². The number of carbonyl (C=O) groups excluding carboxylic acids is 1. The molecule has 26 heavy (non-hydrogen) atoms. The van der Waals surface area contributed by atoms with Crippen LogP contribution in [0.5, 0.6) is 0 Å². The predicted molar refractivity (Wildman–Crippen MR) is 99.2 cm³/mol. The molecule has 0 aliphatic heterocycles. The molecule has 0 aliphatic carbocycles. The van der Waals surface area contributed by atoms with Gasteiger partial charge in [0.25, 0.3) is 5.91 Å². The van der Waals surface area contributed by atoms with Gasteiger partial charge >= 0.3 is 0 Å². The van der Waals surface area contributed by atoms with E-state index in [2.05, 4.69) is 34.4 Å². The van der Waals surface area contributed by atoms with Crippen LogP contribution in [0.25, 0.3) is 0 Å². The fraction of sp³-hybridized carbons (Fsp3) is 0.353. The van der Waals surface area contributed by atoms with E-state index in [-0.39, 0.29) is 16.5 Å². The molecule has 0 fully saturated rings. The molecule has 0 radical (unpaired) electrons. The third-order valence-electron chi connectivity index (χ3n) is 3.51. The van der Waals surface area contributed by atoms with E-state index in [1.165, 1.54) is 18.3 Å². The number of sulfonamides is 1. The van der Waals surface area contributed by atoms with Crippen LogP contribution < -0.4 is 15.8 Å². The van der Waals surface area contributed by atoms with E-state index in [1.54, 1.807) is 18.2 Å². The second kappa shape index (κ2) is 8.72. The number of aromatic nitrogens is 2. The second-order valence-electron chi connectivity index (χ2n) is 6.24. The van der Waals surface area contributed by atoms with Crippen molar-refractivity contribution < 1.29 is 13.2 Å². The van der Waals surface area contributed by atoms with Crippen LogP contribution in [0.2, 0.25) is 0 Å². The molecule has 0 atom stereocenters. The van der Waals surface area contributed by atoms with Gasteiger partial charge in [0, 0.05) is 19.3 Å². The fourth-order valence-corrected chi connectivity index (χ4v) is 2.64. The maximum atomic E-state index is 12.2. The van der Waals surface area contributed by atoms with Gasteiger partial charge in [-0.2, -0.15) is 0 Å². The summed E-state index contributed by atoms with van der Waals surface area (Å²) in [7, 11) is -3.69. The van der Waals surface area contributed by atoms with Gasteiger partial charge in [-0.1, -0.05) is 26.0 Å². The molecule has 140 valence electrons. The van der Waals surface area contributed by atoms with Gasteiger partial charge in [0.2, 0.25) is 16.0 Å². The highest BCUT2D eigenvalue weighted by Gasteiger charge is 2.09. The van der Waals surface area contributed by atoms with E-state index in [1.807, 2.05) is 0 Å². The van der Waals surface area contributed by atoms with E-state index in [0.717, 1.165) is 12.1 Å². The monoisotopic (exact) mass is 377 g/mol. The Morgan fingerprint density at radius 1 is 1.19 bits per heavy atom. The van der Waals surface area contributed by atoms with Crippen molar-refractivity contribution in [3.63, 3.8) is 0 Å². The largest absolute Gasteiger partial charge is 0.354 e. The van der Waals surface area contributed by atoms with E-state index in [0.29, 0.717) is 24.8 Å². The minimum atomic E-state index is -3.69. The number of hydrogen-bond acceptors (Lipinski definition) is 6. The Balaban J connectivity index is 1.88. The molecule has 0 spiro atoms. The van der Waals surface area contributed by atoms with Crippen LogP contribution in [0, 0.1) is 5.92 Å². The first-order valence-corrected chi connectivity index (χ1v) is 9.77. The zero-order chi connectivity index (χ0) is 19.2. The summed E-state index contributed by atoms with van der Waals surface area (Å²) < 4.78 is 22.4. The average Bonchev–Trinajstić information content (AvgIpc) is 2.60. The number of nitrogens with zero attached hydrogens (tertiary/aromatic N) is 2. The SMILES string of the molecule is CC(C)CNc1nccc(C(=O)NCCc2ccc(S(N)(=O)=O)cc2)n1. The summed E-state index contributed by atoms with van der Waals surface area (Å²) in [6, 6.07) is 7.79. The molecule has 0 aliphatic rings. The minimum Gasteiger partial charge on any atom is -0.354 e. The Morgan fingerprint density at radius 3 is 2.50 bits per heavy atom. The smallest absolute Gasteiger partial charge is 0.270 e. The third-order valence-corrected chi connectivity index (χ3v) is 4.44. The molecule has 0 bridgehead atoms. The summed E-state index contributed by atoms with van der Waals surface area (Å²) >= 11 is 0. The molecule has 1 aromatic heterocycles. The van der Waals surface area contributed by atoms with Crippen molar-refractivity contribution in [3.8, 4) is 0 Å². The van der Waals surface area contributed by atoms with Gasteiger partial charge in [0.05, 0.1) is 4.90 Å². The Hall–Kier alpha value is -2.52. The van der Waals surface area contributed by atoms with Crippen molar-refractivity contribution in [2.75, 3.05) is 18.4 Å². The molecule has 2 rings (SSSR count). The number of carbonyl (C=O) groups is 1. The summed E-state index contributed by atoms with van der Waals surface area (Å²) in [6.07, 6.45) is 2.09. The van der Waals surface area contributed by atoms with Crippen LogP contribution in [0.4, 0.5) is 5.95 Å². The molecule has 1 heterocycles. The van der Waals surface area contributed by atoms with Crippen molar-refractivity contribution in [3.05, 3.63) is 47.8 Å². The summed E-state index contributed by atoms with van der Waals surface area (Å²) in [6.45, 7) is 5.25. The summed E-state index contributed by atoms with van der Waals surface area (Å²) in [5.74, 6) is 0.572. The van der Waals surface area contributed by atoms with Gasteiger partial charge in [0.1, 0.15) is 5.69 Å². The summed E-state index contributed by atoms with van der Waals surface area (Å²) in [5, 5.41) is 10.9. The molecule has 4 N–H and O–H groups in total. The van der Waals surface area contributed by atoms with Crippen LogP contribution in [0.1, 0.15) is 29.9 Å². The van der Waals surface area contributed by atoms with Crippen LogP contribution in [0.15, 0.2) is 41.4 Å². The van der Waals surface area contributed by atoms with E-state index in [9.17, 15) is 13.2 Å². The van der Waals surface area contributed by atoms with E-state index in [4.69, 9.17) is 5.14 Å². The first-order valence-electron chi connectivity index (χ1n) is 8.22. The first kappa shape index (κ1) is 19.8. The lowest BCUT2D eigenvalue weighted by atomic mass is 10.1. The highest BCUT2D eigenvalue weighted by atomic mass is 32.2. The zero-order valence-electron chi connectivity index (χ0n) is 14.8. The normalized spacial score (nSPS) is 11.4. The average molecular weight is 377 g/mol. The summed E-state index contributed by atoms with van der Waals surface area (Å²) in [5.41, 5.74) is 1.18. The standard InChI is InChI=1S/C17H23N5O3S/c1-12(2)11-21-17-20-10-8-15(22-17)16(23)19-9-7-13-3-5-14(6-4-13)26(18,24)25/h3-6,8,10,12H,7,9,11H2,1-2H3,(H,19,23)(H2,18,24,25)(H,20,21,22). The number of benzene rings is 1. The van der Waals surface area contributed by atoms with Crippen molar-refractivity contribution in [2.45, 2.75) is 25.2 Å². The van der Waals surface area contributed by atoms with Crippen molar-refractivity contribution >= 4 is 21.9 Å². The Morgan fingerprint density at radius 2 is 1.88 bits per heavy atom. The van der Waals surface area contributed by atoms with Gasteiger partial charge in [-0.3, -0.25) is 4.79 Å². The fourth-order valence-electron chi connectivity index (χ4n) is 2.12. The molecule has 9 heteroatoms. The molecule has 1 aromatic carbocycles. The highest BCUT2D eigenvalue weighted by Crippen LogP contribution is 2.09. The Bertz CT molecular complexity index is 851. The third kappa shape index (κ3) is 6.08. The molecule has 2 aromatic rings. The zero-order valence-corrected chi connectivity index (χ0v) is 15.6. The van der Waals surface area contributed by atoms with Gasteiger partial charge in [-0.05, 0) is 36.1 Å². The summed E-state index contributed by atoms with van der Waals surface area (Å²) in [4.78, 5) is 20.5. The number of nitrogens with two attached hydrogens (primary N) is 1. The number of anilines is 1. The Kier molecular flexibility index (Phi) is 6.64. The molecule has 0 saturated heterocycles. The number of nitrogens with one attached hydrogen (secondary N) is 2. The lowest BCUT2D eigenvalue weighted by Gasteiger charge is -2.09. The number of hydrogen-bond donors (Lipinski definition) is 3. The van der Waals surface area contributed by atoms with Gasteiger partial charge in [-0.25, -0.2) is 23.5 Å². The van der Waals surface area contributed by atoms with Crippen LogP contribution in [-0.2, 0) is 16.4 Å². The number of amides is 1. The maximum Gasteiger partial charge on any atom is 0.270 e. The van der Waals surface area contributed by atoms with Crippen molar-refractivity contribution in [1.29, 1.82) is 0 Å². The van der Waals surface area contributed by atoms with Gasteiger partial charge in [-0.15, -0.1) is 0 Å². The topological polar surface area (TPSA) is 127 Å². The highest BCUT2D eigenvalue weighted by molar-refractivity contribution is 7.89. The molecular weight excluding hydrogens is 354 g/mol. The number of rotatable bonds is 8. The quantitative estimate of drug-likeness (QED) is 0.633. The second-order valence-corrected chi connectivity index (χ2v) is 7.80. The minimum absolute atomic E-state index is 0.0627. The Labute approximate surface area is 153 Å². The van der Waals surface area contributed by atoms with Crippen molar-refractivity contribution in [1.82, 2.24) is 15.3 Å². The molecule has 8 nitrogen and oxygen atoms in total. The van der Waals surface area contributed by atoms with E-state index < -0.39 is 10.0 Å². The van der Waals surface area contributed by atoms with Crippen LogP contribution >= 0.6 is 0 Å².